The van der Waals surface area contributed by atoms with Crippen molar-refractivity contribution in [2.75, 3.05) is 33.4 Å². The van der Waals surface area contributed by atoms with Crippen molar-refractivity contribution < 1.29 is 9.53 Å². The number of hydrazine groups is 1. The number of hydrogen-bond acceptors (Lipinski definition) is 6. The lowest BCUT2D eigenvalue weighted by Gasteiger charge is -2.31. The molecule has 0 spiro atoms. The average molecular weight is 268 g/mol. The van der Waals surface area contributed by atoms with Crippen LogP contribution in [-0.4, -0.2) is 55.8 Å². The van der Waals surface area contributed by atoms with Gasteiger partial charge in [-0.25, -0.2) is 5.43 Å². The molecule has 1 aliphatic rings. The van der Waals surface area contributed by atoms with Gasteiger partial charge in [0.25, 0.3) is 0 Å². The zero-order valence-corrected chi connectivity index (χ0v) is 12.2. The van der Waals surface area contributed by atoms with Crippen molar-refractivity contribution in [3.8, 4) is 0 Å². The van der Waals surface area contributed by atoms with Gasteiger partial charge in [0, 0.05) is 39.2 Å². The quantitative estimate of drug-likeness (QED) is 0.536. The molecule has 0 aromatic carbocycles. The Morgan fingerprint density at radius 1 is 1.37 bits per heavy atom. The van der Waals surface area contributed by atoms with Gasteiger partial charge in [0.05, 0.1) is 13.2 Å². The molecule has 19 heavy (non-hydrogen) atoms. The molecule has 0 aromatic rings. The fourth-order valence-electron chi connectivity index (χ4n) is 1.78. The minimum atomic E-state index is -0.0302. The van der Waals surface area contributed by atoms with Gasteiger partial charge in [0.15, 0.2) is 5.78 Å². The second-order valence-corrected chi connectivity index (χ2v) is 4.67. The van der Waals surface area contributed by atoms with Crippen molar-refractivity contribution in [1.82, 2.24) is 15.8 Å². The van der Waals surface area contributed by atoms with E-state index in [1.165, 1.54) is 6.92 Å². The van der Waals surface area contributed by atoms with E-state index in [9.17, 15) is 4.79 Å². The Balaban J connectivity index is 2.93. The van der Waals surface area contributed by atoms with Gasteiger partial charge in [0.2, 0.25) is 0 Å². The maximum atomic E-state index is 11.6. The molecule has 1 rings (SSSR count). The first-order valence-corrected chi connectivity index (χ1v) is 6.60. The SMILES string of the molecule is CNN/C(=C\C(=NC(C)C)C(C)=O)N1CCOCC1. The number of ether oxygens (including phenoxy) is 1. The fourth-order valence-corrected chi connectivity index (χ4v) is 1.78. The summed E-state index contributed by atoms with van der Waals surface area (Å²) in [6, 6.07) is 0.0932. The number of aliphatic imine (C=N–C) groups is 1. The van der Waals surface area contributed by atoms with E-state index in [2.05, 4.69) is 20.7 Å². The van der Waals surface area contributed by atoms with Gasteiger partial charge in [-0.05, 0) is 13.8 Å². The molecule has 2 N–H and O–H groups in total. The zero-order valence-electron chi connectivity index (χ0n) is 12.2. The summed E-state index contributed by atoms with van der Waals surface area (Å²) >= 11 is 0. The minimum Gasteiger partial charge on any atom is -0.378 e. The van der Waals surface area contributed by atoms with Crippen LogP contribution >= 0.6 is 0 Å². The van der Waals surface area contributed by atoms with E-state index < -0.39 is 0 Å². The molecule has 0 atom stereocenters. The molecule has 1 saturated heterocycles. The van der Waals surface area contributed by atoms with Gasteiger partial charge in [0.1, 0.15) is 11.5 Å². The Morgan fingerprint density at radius 2 is 2.00 bits per heavy atom. The average Bonchev–Trinajstić information content (AvgIpc) is 2.37. The number of ketones is 1. The number of allylic oxidation sites excluding steroid dienone is 1. The molecule has 0 aliphatic carbocycles. The summed E-state index contributed by atoms with van der Waals surface area (Å²) in [5.41, 5.74) is 6.44. The van der Waals surface area contributed by atoms with E-state index in [0.29, 0.717) is 18.9 Å². The smallest absolute Gasteiger partial charge is 0.177 e. The molecule has 0 unspecified atom stereocenters. The van der Waals surface area contributed by atoms with Crippen LogP contribution in [0.5, 0.6) is 0 Å². The molecule has 6 nitrogen and oxygen atoms in total. The fraction of sp³-hybridized carbons (Fsp3) is 0.692. The van der Waals surface area contributed by atoms with Gasteiger partial charge in [-0.15, -0.1) is 0 Å². The molecular formula is C13H24N4O2. The maximum absolute atomic E-state index is 11.6. The highest BCUT2D eigenvalue weighted by Crippen LogP contribution is 2.06. The van der Waals surface area contributed by atoms with Gasteiger partial charge in [-0.1, -0.05) is 0 Å². The van der Waals surface area contributed by atoms with Crippen molar-refractivity contribution in [2.24, 2.45) is 4.99 Å². The van der Waals surface area contributed by atoms with Gasteiger partial charge in [-0.3, -0.25) is 9.79 Å². The summed E-state index contributed by atoms with van der Waals surface area (Å²) in [4.78, 5) is 18.1. The molecule has 0 aromatic heterocycles. The lowest BCUT2D eigenvalue weighted by Crippen LogP contribution is -2.44. The van der Waals surface area contributed by atoms with E-state index >= 15 is 0 Å². The first-order valence-electron chi connectivity index (χ1n) is 6.60. The van der Waals surface area contributed by atoms with E-state index in [1.54, 1.807) is 13.1 Å². The highest BCUT2D eigenvalue weighted by molar-refractivity contribution is 6.43. The van der Waals surface area contributed by atoms with Gasteiger partial charge in [-0.2, -0.15) is 0 Å². The number of nitrogens with one attached hydrogen (secondary N) is 2. The summed E-state index contributed by atoms with van der Waals surface area (Å²) in [5, 5.41) is 0. The van der Waals surface area contributed by atoms with Crippen molar-refractivity contribution >= 4 is 11.5 Å². The standard InChI is InChI=1S/C13H24N4O2/c1-10(2)15-12(11(3)18)9-13(16-14-4)17-5-7-19-8-6-17/h9-10,14,16H,5-8H2,1-4H3/b13-9+,15-12?. The molecular weight excluding hydrogens is 244 g/mol. The van der Waals surface area contributed by atoms with Crippen molar-refractivity contribution in [2.45, 2.75) is 26.8 Å². The number of carbonyl (C=O) groups is 1. The molecule has 108 valence electrons. The largest absolute Gasteiger partial charge is 0.378 e. The second-order valence-electron chi connectivity index (χ2n) is 4.67. The third-order valence-electron chi connectivity index (χ3n) is 2.64. The van der Waals surface area contributed by atoms with Crippen molar-refractivity contribution in [3.05, 3.63) is 11.9 Å². The van der Waals surface area contributed by atoms with Gasteiger partial charge >= 0.3 is 0 Å². The third-order valence-corrected chi connectivity index (χ3v) is 2.64. The number of morpholine rings is 1. The van der Waals surface area contributed by atoms with E-state index in [4.69, 9.17) is 4.74 Å². The van der Waals surface area contributed by atoms with E-state index in [1.807, 2.05) is 13.8 Å². The van der Waals surface area contributed by atoms with Crippen molar-refractivity contribution in [3.63, 3.8) is 0 Å². The van der Waals surface area contributed by atoms with Crippen LogP contribution in [-0.2, 0) is 9.53 Å². The zero-order chi connectivity index (χ0) is 14.3. The Morgan fingerprint density at radius 3 is 2.47 bits per heavy atom. The summed E-state index contributed by atoms with van der Waals surface area (Å²) < 4.78 is 5.33. The Labute approximate surface area is 114 Å². The topological polar surface area (TPSA) is 66.0 Å². The predicted octanol–water partition coefficient (Wildman–Crippen LogP) is 0.322. The minimum absolute atomic E-state index is 0.0302. The van der Waals surface area contributed by atoms with E-state index in [-0.39, 0.29) is 11.8 Å². The van der Waals surface area contributed by atoms with Crippen LogP contribution in [0.1, 0.15) is 20.8 Å². The molecule has 1 heterocycles. The summed E-state index contributed by atoms with van der Waals surface area (Å²) in [5.74, 6) is 0.817. The summed E-state index contributed by atoms with van der Waals surface area (Å²) in [7, 11) is 1.79. The maximum Gasteiger partial charge on any atom is 0.177 e. The highest BCUT2D eigenvalue weighted by atomic mass is 16.5. The number of Topliss-reactive ketones (excluding diaryl/α,β-unsaturated/α-hetero) is 1. The van der Waals surface area contributed by atoms with Crippen LogP contribution in [0.15, 0.2) is 16.9 Å². The summed E-state index contributed by atoms with van der Waals surface area (Å²) in [6.07, 6.45) is 1.80. The Kier molecular flexibility index (Phi) is 6.52. The number of carbonyl (C=O) groups excluding carboxylic acids is 1. The van der Waals surface area contributed by atoms with Crippen LogP contribution in [0.25, 0.3) is 0 Å². The van der Waals surface area contributed by atoms with Crippen LogP contribution < -0.4 is 10.9 Å². The Hall–Kier alpha value is -1.40. The normalized spacial score (nSPS) is 17.8. The monoisotopic (exact) mass is 268 g/mol. The molecule has 1 aliphatic heterocycles. The molecule has 0 amide bonds. The number of hydrogen-bond donors (Lipinski definition) is 2. The molecule has 0 radical (unpaired) electrons. The second kappa shape index (κ2) is 7.91. The lowest BCUT2D eigenvalue weighted by atomic mass is 10.2. The van der Waals surface area contributed by atoms with E-state index in [0.717, 1.165) is 18.9 Å². The predicted molar refractivity (Wildman–Crippen MR) is 75.9 cm³/mol. The highest BCUT2D eigenvalue weighted by Gasteiger charge is 2.15. The number of nitrogens with zero attached hydrogens (tertiary/aromatic N) is 2. The van der Waals surface area contributed by atoms with Crippen LogP contribution in [0.2, 0.25) is 0 Å². The molecule has 6 heteroatoms. The molecule has 0 bridgehead atoms. The van der Waals surface area contributed by atoms with Crippen molar-refractivity contribution in [1.29, 1.82) is 0 Å². The first kappa shape index (κ1) is 15.7. The Bertz CT molecular complexity index is 358. The first-order chi connectivity index (χ1) is 9.04. The third kappa shape index (κ3) is 5.40. The van der Waals surface area contributed by atoms with Crippen LogP contribution in [0.4, 0.5) is 0 Å². The number of rotatable bonds is 6. The lowest BCUT2D eigenvalue weighted by molar-refractivity contribution is -0.111. The summed E-state index contributed by atoms with van der Waals surface area (Å²) in [6.45, 7) is 8.43. The van der Waals surface area contributed by atoms with Crippen LogP contribution in [0, 0.1) is 0 Å². The molecule has 0 saturated carbocycles. The van der Waals surface area contributed by atoms with Crippen LogP contribution in [0.3, 0.4) is 0 Å². The van der Waals surface area contributed by atoms with Gasteiger partial charge < -0.3 is 15.1 Å². The molecule has 1 fully saturated rings.